The molecule has 1 unspecified atom stereocenters. The zero-order valence-electron chi connectivity index (χ0n) is 21.6. The molecule has 2 aromatic heterocycles. The van der Waals surface area contributed by atoms with Gasteiger partial charge in [-0.2, -0.15) is 20.1 Å². The zero-order chi connectivity index (χ0) is 26.7. The van der Waals surface area contributed by atoms with E-state index in [0.717, 1.165) is 24.6 Å². The van der Waals surface area contributed by atoms with Crippen LogP contribution in [0.25, 0.3) is 0 Å². The number of H-pyrrole nitrogens is 1. The SMILES string of the molecule is Cc1nc(Nc2cc(C3CCN(C(=O)OC(C)(C)C)CC3)[nH]n2)nc(NC(C)c2ccc(F)cc2F)n1. The summed E-state index contributed by atoms with van der Waals surface area (Å²) in [5.41, 5.74) is 0.732. The zero-order valence-corrected chi connectivity index (χ0v) is 21.6. The number of benzene rings is 1. The average Bonchev–Trinajstić information content (AvgIpc) is 3.26. The number of rotatable bonds is 6. The van der Waals surface area contributed by atoms with Crippen LogP contribution in [-0.4, -0.2) is 54.8 Å². The first-order valence-electron chi connectivity index (χ1n) is 12.2. The smallest absolute Gasteiger partial charge is 0.410 e. The summed E-state index contributed by atoms with van der Waals surface area (Å²) in [5, 5.41) is 13.5. The van der Waals surface area contributed by atoms with Crippen molar-refractivity contribution in [3.8, 4) is 0 Å². The third kappa shape index (κ3) is 6.89. The minimum absolute atomic E-state index is 0.227. The van der Waals surface area contributed by atoms with Gasteiger partial charge in [0.1, 0.15) is 23.1 Å². The Morgan fingerprint density at radius 3 is 2.51 bits per heavy atom. The Hall–Kier alpha value is -3.83. The molecule has 1 atom stereocenters. The molecule has 0 saturated carbocycles. The number of halogens is 2. The molecule has 0 bridgehead atoms. The van der Waals surface area contributed by atoms with Gasteiger partial charge in [-0.25, -0.2) is 13.6 Å². The first-order valence-corrected chi connectivity index (χ1v) is 12.2. The van der Waals surface area contributed by atoms with E-state index in [1.165, 1.54) is 12.1 Å². The fourth-order valence-corrected chi connectivity index (χ4v) is 4.15. The van der Waals surface area contributed by atoms with Crippen LogP contribution in [-0.2, 0) is 4.74 Å². The number of aryl methyl sites for hydroxylation is 1. The molecule has 0 aliphatic carbocycles. The Morgan fingerprint density at radius 2 is 1.84 bits per heavy atom. The summed E-state index contributed by atoms with van der Waals surface area (Å²) in [4.78, 5) is 27.0. The van der Waals surface area contributed by atoms with Gasteiger partial charge in [-0.1, -0.05) is 6.07 Å². The van der Waals surface area contributed by atoms with Gasteiger partial charge in [-0.15, -0.1) is 0 Å². The number of nitrogens with one attached hydrogen (secondary N) is 3. The number of aromatic nitrogens is 5. The molecule has 3 aromatic rings. The van der Waals surface area contributed by atoms with Crippen molar-refractivity contribution in [1.82, 2.24) is 30.0 Å². The second-order valence-corrected chi connectivity index (χ2v) is 10.1. The molecule has 1 amide bonds. The monoisotopic (exact) mass is 514 g/mol. The number of anilines is 3. The molecule has 1 aliphatic rings. The van der Waals surface area contributed by atoms with E-state index in [1.54, 1.807) is 18.7 Å². The van der Waals surface area contributed by atoms with Gasteiger partial charge in [-0.05, 0) is 53.5 Å². The topological polar surface area (TPSA) is 121 Å². The quantitative estimate of drug-likeness (QED) is 0.410. The van der Waals surface area contributed by atoms with Gasteiger partial charge in [0.25, 0.3) is 0 Å². The summed E-state index contributed by atoms with van der Waals surface area (Å²) in [7, 11) is 0. The Balaban J connectivity index is 1.37. The molecule has 1 aromatic carbocycles. The summed E-state index contributed by atoms with van der Waals surface area (Å²) >= 11 is 0. The molecule has 3 N–H and O–H groups in total. The van der Waals surface area contributed by atoms with Crippen LogP contribution in [0.15, 0.2) is 24.3 Å². The maximum atomic E-state index is 14.1. The normalized spacial score (nSPS) is 15.4. The van der Waals surface area contributed by atoms with Crippen LogP contribution in [0.3, 0.4) is 0 Å². The van der Waals surface area contributed by atoms with Gasteiger partial charge in [0.2, 0.25) is 11.9 Å². The highest BCUT2D eigenvalue weighted by atomic mass is 19.1. The van der Waals surface area contributed by atoms with Gasteiger partial charge < -0.3 is 20.3 Å². The molecule has 0 radical (unpaired) electrons. The van der Waals surface area contributed by atoms with E-state index >= 15 is 0 Å². The summed E-state index contributed by atoms with van der Waals surface area (Å²) < 4.78 is 32.9. The number of piperidine rings is 1. The molecule has 1 aliphatic heterocycles. The van der Waals surface area contributed by atoms with Crippen molar-refractivity contribution in [2.24, 2.45) is 0 Å². The summed E-state index contributed by atoms with van der Waals surface area (Å²) in [6.45, 7) is 10.2. The molecule has 37 heavy (non-hydrogen) atoms. The fraction of sp³-hybridized carbons (Fsp3) is 0.480. The Morgan fingerprint density at radius 1 is 1.14 bits per heavy atom. The lowest BCUT2D eigenvalue weighted by atomic mass is 9.94. The van der Waals surface area contributed by atoms with Crippen LogP contribution in [0.5, 0.6) is 0 Å². The molecular weight excluding hydrogens is 482 g/mol. The molecule has 4 rings (SSSR count). The van der Waals surface area contributed by atoms with Gasteiger partial charge in [0, 0.05) is 42.4 Å². The van der Waals surface area contributed by atoms with Crippen molar-refractivity contribution < 1.29 is 18.3 Å². The maximum absolute atomic E-state index is 14.1. The Bertz CT molecular complexity index is 1250. The van der Waals surface area contributed by atoms with E-state index in [0.29, 0.717) is 30.3 Å². The van der Waals surface area contributed by atoms with Gasteiger partial charge in [0.15, 0.2) is 5.82 Å². The average molecular weight is 515 g/mol. The van der Waals surface area contributed by atoms with Crippen molar-refractivity contribution in [3.05, 3.63) is 53.0 Å². The van der Waals surface area contributed by atoms with Gasteiger partial charge >= 0.3 is 6.09 Å². The van der Waals surface area contributed by atoms with Crippen molar-refractivity contribution in [1.29, 1.82) is 0 Å². The summed E-state index contributed by atoms with van der Waals surface area (Å²) in [6.07, 6.45) is 1.29. The highest BCUT2D eigenvalue weighted by Crippen LogP contribution is 2.29. The number of hydrogen-bond acceptors (Lipinski definition) is 8. The lowest BCUT2D eigenvalue weighted by molar-refractivity contribution is 0.0204. The number of hydrogen-bond donors (Lipinski definition) is 3. The van der Waals surface area contributed by atoms with E-state index < -0.39 is 23.3 Å². The van der Waals surface area contributed by atoms with Crippen molar-refractivity contribution in [2.45, 2.75) is 65.0 Å². The molecule has 1 fully saturated rings. The number of carbonyl (C=O) groups excluding carboxylic acids is 1. The highest BCUT2D eigenvalue weighted by Gasteiger charge is 2.28. The second-order valence-electron chi connectivity index (χ2n) is 10.1. The standard InChI is InChI=1S/C25H32F2N8O2/c1-14(18-7-6-17(26)12-19(18)27)28-22-29-15(2)30-23(32-22)31-21-13-20(33-34-21)16-8-10-35(11-9-16)24(36)37-25(3,4)5/h6-7,12-14,16H,8-11H2,1-5H3,(H3,28,29,30,31,32,33,34). The van der Waals surface area contributed by atoms with Crippen molar-refractivity contribution in [2.75, 3.05) is 23.7 Å². The molecule has 1 saturated heterocycles. The third-order valence-electron chi connectivity index (χ3n) is 5.95. The predicted octanol–water partition coefficient (Wildman–Crippen LogP) is 5.21. The van der Waals surface area contributed by atoms with Crippen LogP contribution in [0.2, 0.25) is 0 Å². The Labute approximate surface area is 214 Å². The lowest BCUT2D eigenvalue weighted by Crippen LogP contribution is -2.41. The first-order chi connectivity index (χ1) is 17.5. The van der Waals surface area contributed by atoms with E-state index in [4.69, 9.17) is 4.74 Å². The number of nitrogens with zero attached hydrogens (tertiary/aromatic N) is 5. The first kappa shape index (κ1) is 26.2. The summed E-state index contributed by atoms with van der Waals surface area (Å²) in [5.74, 6) is 0.463. The predicted molar refractivity (Wildman–Crippen MR) is 135 cm³/mol. The molecule has 10 nitrogen and oxygen atoms in total. The number of ether oxygens (including phenoxy) is 1. The van der Waals surface area contributed by atoms with Crippen molar-refractivity contribution in [3.63, 3.8) is 0 Å². The molecule has 12 heteroatoms. The summed E-state index contributed by atoms with van der Waals surface area (Å²) in [6, 6.07) is 4.84. The minimum Gasteiger partial charge on any atom is -0.444 e. The molecule has 3 heterocycles. The second kappa shape index (κ2) is 10.7. The number of carbonyl (C=O) groups is 1. The Kier molecular flexibility index (Phi) is 7.55. The van der Waals surface area contributed by atoms with E-state index in [2.05, 4.69) is 35.8 Å². The largest absolute Gasteiger partial charge is 0.444 e. The number of amides is 1. The number of likely N-dealkylation sites (tertiary alicyclic amines) is 1. The van der Waals surface area contributed by atoms with Crippen LogP contribution < -0.4 is 10.6 Å². The fourth-order valence-electron chi connectivity index (χ4n) is 4.15. The molecule has 198 valence electrons. The third-order valence-corrected chi connectivity index (χ3v) is 5.95. The van der Waals surface area contributed by atoms with Gasteiger partial charge in [-0.3, -0.25) is 5.10 Å². The maximum Gasteiger partial charge on any atom is 0.410 e. The van der Waals surface area contributed by atoms with E-state index in [1.807, 2.05) is 26.8 Å². The van der Waals surface area contributed by atoms with Gasteiger partial charge in [0.05, 0.1) is 6.04 Å². The van der Waals surface area contributed by atoms with Crippen LogP contribution in [0.1, 0.15) is 69.6 Å². The van der Waals surface area contributed by atoms with Crippen molar-refractivity contribution >= 4 is 23.8 Å². The van der Waals surface area contributed by atoms with Crippen LogP contribution >= 0.6 is 0 Å². The van der Waals surface area contributed by atoms with E-state index in [9.17, 15) is 13.6 Å². The minimum atomic E-state index is -0.648. The van der Waals surface area contributed by atoms with Crippen LogP contribution in [0.4, 0.5) is 31.3 Å². The molecule has 0 spiro atoms. The van der Waals surface area contributed by atoms with E-state index in [-0.39, 0.29) is 23.9 Å². The highest BCUT2D eigenvalue weighted by molar-refractivity contribution is 5.68. The molecular formula is C25H32F2N8O2. The lowest BCUT2D eigenvalue weighted by Gasteiger charge is -2.33. The van der Waals surface area contributed by atoms with Crippen LogP contribution in [0, 0.1) is 18.6 Å². The number of aromatic amines is 1.